The topological polar surface area (TPSA) is 78.5 Å². The second-order valence-corrected chi connectivity index (χ2v) is 8.52. The first kappa shape index (κ1) is 20.9. The SMILES string of the molecule is Cc1cccc(NS(=O)(=O)c2cc(C(=O)NCCCN(C)C)ccc2C)c1. The molecule has 7 heteroatoms. The number of hydrogen-bond donors (Lipinski definition) is 2. The third-order valence-corrected chi connectivity index (χ3v) is 5.60. The van der Waals surface area contributed by atoms with Crippen LogP contribution < -0.4 is 10.0 Å². The van der Waals surface area contributed by atoms with Gasteiger partial charge in [-0.2, -0.15) is 0 Å². The highest BCUT2D eigenvalue weighted by molar-refractivity contribution is 7.92. The van der Waals surface area contributed by atoms with Crippen molar-refractivity contribution in [3.8, 4) is 0 Å². The molecule has 1 amide bonds. The number of carbonyl (C=O) groups is 1. The first-order chi connectivity index (χ1) is 12.7. The van der Waals surface area contributed by atoms with Gasteiger partial charge < -0.3 is 10.2 Å². The zero-order valence-corrected chi connectivity index (χ0v) is 17.1. The average molecular weight is 390 g/mol. The van der Waals surface area contributed by atoms with Crippen LogP contribution in [0.15, 0.2) is 47.4 Å². The van der Waals surface area contributed by atoms with Gasteiger partial charge in [0.1, 0.15) is 0 Å². The number of nitrogens with zero attached hydrogens (tertiary/aromatic N) is 1. The van der Waals surface area contributed by atoms with E-state index in [4.69, 9.17) is 0 Å². The lowest BCUT2D eigenvalue weighted by Gasteiger charge is -2.13. The summed E-state index contributed by atoms with van der Waals surface area (Å²) >= 11 is 0. The number of anilines is 1. The average Bonchev–Trinajstić information content (AvgIpc) is 2.58. The van der Waals surface area contributed by atoms with Gasteiger partial charge in [0.05, 0.1) is 4.90 Å². The molecule has 0 atom stereocenters. The number of nitrogens with one attached hydrogen (secondary N) is 2. The summed E-state index contributed by atoms with van der Waals surface area (Å²) in [5.41, 5.74) is 2.36. The Morgan fingerprint density at radius 2 is 1.81 bits per heavy atom. The van der Waals surface area contributed by atoms with E-state index in [1.54, 1.807) is 37.3 Å². The summed E-state index contributed by atoms with van der Waals surface area (Å²) in [5.74, 6) is -0.277. The van der Waals surface area contributed by atoms with Crippen LogP contribution in [0.5, 0.6) is 0 Å². The Bertz CT molecular complexity index is 908. The van der Waals surface area contributed by atoms with Gasteiger partial charge in [-0.25, -0.2) is 8.42 Å². The summed E-state index contributed by atoms with van der Waals surface area (Å²) in [6.07, 6.45) is 0.824. The molecular weight excluding hydrogens is 362 g/mol. The molecule has 0 heterocycles. The summed E-state index contributed by atoms with van der Waals surface area (Å²) in [7, 11) is 0.155. The molecule has 27 heavy (non-hydrogen) atoms. The Labute approximate surface area is 161 Å². The lowest BCUT2D eigenvalue weighted by molar-refractivity contribution is 0.0952. The van der Waals surface area contributed by atoms with Crippen molar-refractivity contribution in [2.75, 3.05) is 31.9 Å². The van der Waals surface area contributed by atoms with Crippen molar-refractivity contribution in [3.05, 3.63) is 59.2 Å². The molecule has 2 aromatic rings. The van der Waals surface area contributed by atoms with Crippen molar-refractivity contribution in [1.29, 1.82) is 0 Å². The standard InChI is InChI=1S/C20H27N3O3S/c1-15-7-5-8-18(13-15)22-27(25,26)19-14-17(10-9-16(19)2)20(24)21-11-6-12-23(3)4/h5,7-10,13-14,22H,6,11-12H2,1-4H3,(H,21,24). The summed E-state index contributed by atoms with van der Waals surface area (Å²) in [6.45, 7) is 5.01. The van der Waals surface area contributed by atoms with E-state index in [9.17, 15) is 13.2 Å². The maximum absolute atomic E-state index is 12.8. The number of hydrogen-bond acceptors (Lipinski definition) is 4. The minimum Gasteiger partial charge on any atom is -0.352 e. The minimum absolute atomic E-state index is 0.102. The highest BCUT2D eigenvalue weighted by Crippen LogP contribution is 2.21. The third kappa shape index (κ3) is 6.08. The molecule has 0 aliphatic carbocycles. The summed E-state index contributed by atoms with van der Waals surface area (Å²) < 4.78 is 28.2. The van der Waals surface area contributed by atoms with Crippen LogP contribution in [0.2, 0.25) is 0 Å². The second-order valence-electron chi connectivity index (χ2n) is 6.87. The minimum atomic E-state index is -3.79. The molecule has 0 unspecified atom stereocenters. The van der Waals surface area contributed by atoms with Crippen molar-refractivity contribution in [1.82, 2.24) is 10.2 Å². The molecule has 0 radical (unpaired) electrons. The first-order valence-corrected chi connectivity index (χ1v) is 10.3. The monoisotopic (exact) mass is 389 g/mol. The highest BCUT2D eigenvalue weighted by Gasteiger charge is 2.19. The van der Waals surface area contributed by atoms with Gasteiger partial charge >= 0.3 is 0 Å². The Kier molecular flexibility index (Phi) is 6.98. The number of rotatable bonds is 8. The number of benzene rings is 2. The predicted octanol–water partition coefficient (Wildman–Crippen LogP) is 2.79. The molecule has 0 saturated heterocycles. The van der Waals surface area contributed by atoms with Crippen molar-refractivity contribution in [3.63, 3.8) is 0 Å². The Hall–Kier alpha value is -2.38. The highest BCUT2D eigenvalue weighted by atomic mass is 32.2. The Morgan fingerprint density at radius 3 is 2.48 bits per heavy atom. The molecule has 2 rings (SSSR count). The zero-order valence-electron chi connectivity index (χ0n) is 16.2. The molecule has 6 nitrogen and oxygen atoms in total. The van der Waals surface area contributed by atoms with Crippen LogP contribution >= 0.6 is 0 Å². The predicted molar refractivity (Wildman–Crippen MR) is 109 cm³/mol. The molecule has 0 bridgehead atoms. The molecule has 0 spiro atoms. The lowest BCUT2D eigenvalue weighted by atomic mass is 10.1. The summed E-state index contributed by atoms with van der Waals surface area (Å²) in [6, 6.07) is 11.9. The van der Waals surface area contributed by atoms with E-state index in [2.05, 4.69) is 10.0 Å². The quantitative estimate of drug-likeness (QED) is 0.681. The number of aryl methyl sites for hydroxylation is 2. The van der Waals surface area contributed by atoms with Gasteiger partial charge in [0.15, 0.2) is 0 Å². The molecule has 0 aliphatic heterocycles. The number of carbonyl (C=O) groups excluding carboxylic acids is 1. The smallest absolute Gasteiger partial charge is 0.262 e. The van der Waals surface area contributed by atoms with E-state index in [-0.39, 0.29) is 10.8 Å². The molecular formula is C20H27N3O3S. The largest absolute Gasteiger partial charge is 0.352 e. The van der Waals surface area contributed by atoms with Gasteiger partial charge in [-0.15, -0.1) is 0 Å². The summed E-state index contributed by atoms with van der Waals surface area (Å²) in [5, 5.41) is 2.83. The molecule has 0 aliphatic rings. The fraction of sp³-hybridized carbons (Fsp3) is 0.350. The van der Waals surface area contributed by atoms with Crippen molar-refractivity contribution in [2.24, 2.45) is 0 Å². The van der Waals surface area contributed by atoms with Crippen molar-refractivity contribution >= 4 is 21.6 Å². The molecule has 2 N–H and O–H groups in total. The third-order valence-electron chi connectivity index (χ3n) is 4.08. The van der Waals surface area contributed by atoms with Crippen LogP contribution in [-0.4, -0.2) is 46.4 Å². The van der Waals surface area contributed by atoms with E-state index in [1.807, 2.05) is 32.0 Å². The fourth-order valence-corrected chi connectivity index (χ4v) is 3.97. The van der Waals surface area contributed by atoms with E-state index in [0.717, 1.165) is 18.5 Å². The molecule has 0 saturated carbocycles. The fourth-order valence-electron chi connectivity index (χ4n) is 2.65. The van der Waals surface area contributed by atoms with Gasteiger partial charge in [0, 0.05) is 17.8 Å². The van der Waals surface area contributed by atoms with Gasteiger partial charge in [0.25, 0.3) is 15.9 Å². The van der Waals surface area contributed by atoms with Crippen molar-refractivity contribution < 1.29 is 13.2 Å². The van der Waals surface area contributed by atoms with Crippen LogP contribution in [0.3, 0.4) is 0 Å². The number of sulfonamides is 1. The Balaban J connectivity index is 2.17. The van der Waals surface area contributed by atoms with Crippen LogP contribution in [0.1, 0.15) is 27.9 Å². The van der Waals surface area contributed by atoms with Crippen LogP contribution in [-0.2, 0) is 10.0 Å². The van der Waals surface area contributed by atoms with E-state index in [1.165, 1.54) is 6.07 Å². The van der Waals surface area contributed by atoms with Gasteiger partial charge in [0.2, 0.25) is 0 Å². The molecule has 146 valence electrons. The van der Waals surface area contributed by atoms with Crippen LogP contribution in [0.4, 0.5) is 5.69 Å². The first-order valence-electron chi connectivity index (χ1n) is 8.82. The molecule has 0 fully saturated rings. The zero-order chi connectivity index (χ0) is 20.0. The normalized spacial score (nSPS) is 11.4. The number of amides is 1. The van der Waals surface area contributed by atoms with Gasteiger partial charge in [-0.05, 0) is 76.3 Å². The van der Waals surface area contributed by atoms with Crippen LogP contribution in [0, 0.1) is 13.8 Å². The molecule has 2 aromatic carbocycles. The second kappa shape index (κ2) is 9.01. The van der Waals surface area contributed by atoms with E-state index in [0.29, 0.717) is 23.4 Å². The van der Waals surface area contributed by atoms with E-state index >= 15 is 0 Å². The van der Waals surface area contributed by atoms with Gasteiger partial charge in [-0.1, -0.05) is 18.2 Å². The van der Waals surface area contributed by atoms with E-state index < -0.39 is 10.0 Å². The molecule has 0 aromatic heterocycles. The lowest BCUT2D eigenvalue weighted by Crippen LogP contribution is -2.27. The Morgan fingerprint density at radius 1 is 1.07 bits per heavy atom. The van der Waals surface area contributed by atoms with Gasteiger partial charge in [-0.3, -0.25) is 9.52 Å². The maximum atomic E-state index is 12.8. The summed E-state index contributed by atoms with van der Waals surface area (Å²) in [4.78, 5) is 14.5. The maximum Gasteiger partial charge on any atom is 0.262 e. The van der Waals surface area contributed by atoms with Crippen LogP contribution in [0.25, 0.3) is 0 Å². The van der Waals surface area contributed by atoms with Crippen molar-refractivity contribution in [2.45, 2.75) is 25.2 Å².